The zero-order valence-corrected chi connectivity index (χ0v) is 15.2. The van der Waals surface area contributed by atoms with E-state index in [1.54, 1.807) is 0 Å². The molecule has 134 valence electrons. The Kier molecular flexibility index (Phi) is 5.25. The zero-order chi connectivity index (χ0) is 17.3. The van der Waals surface area contributed by atoms with Crippen LogP contribution in [0.5, 0.6) is 0 Å². The Balaban J connectivity index is 1.78. The van der Waals surface area contributed by atoms with Crippen molar-refractivity contribution in [2.45, 2.75) is 46.1 Å². The minimum atomic E-state index is 0.0756. The number of hydrogen-bond acceptors (Lipinski definition) is 5. The number of aryl methyl sites for hydroxylation is 1. The summed E-state index contributed by atoms with van der Waals surface area (Å²) in [5.74, 6) is 1.46. The van der Waals surface area contributed by atoms with E-state index >= 15 is 0 Å². The van der Waals surface area contributed by atoms with E-state index in [2.05, 4.69) is 17.0 Å². The summed E-state index contributed by atoms with van der Waals surface area (Å²) in [4.78, 5) is 17.6. The van der Waals surface area contributed by atoms with Gasteiger partial charge in [-0.05, 0) is 12.8 Å². The molecule has 0 spiro atoms. The minimum absolute atomic E-state index is 0.0756. The smallest absolute Gasteiger partial charge is 0.259 e. The second-order valence-electron chi connectivity index (χ2n) is 7.26. The molecule has 2 atom stereocenters. The number of aromatic nitrogens is 1. The maximum Gasteiger partial charge on any atom is 0.259 e. The van der Waals surface area contributed by atoms with Gasteiger partial charge in [-0.15, -0.1) is 0 Å². The molecule has 2 aliphatic rings. The van der Waals surface area contributed by atoms with Crippen LogP contribution in [0.4, 0.5) is 0 Å². The van der Waals surface area contributed by atoms with E-state index in [0.717, 1.165) is 45.8 Å². The van der Waals surface area contributed by atoms with Gasteiger partial charge in [0.1, 0.15) is 5.56 Å². The monoisotopic (exact) mass is 335 g/mol. The van der Waals surface area contributed by atoms with Crippen LogP contribution in [0.15, 0.2) is 4.52 Å². The fourth-order valence-corrected chi connectivity index (χ4v) is 3.94. The number of ether oxygens (including phenoxy) is 1. The first kappa shape index (κ1) is 17.4. The lowest BCUT2D eigenvalue weighted by atomic mass is 9.99. The van der Waals surface area contributed by atoms with E-state index in [4.69, 9.17) is 9.26 Å². The maximum atomic E-state index is 13.1. The first-order valence-electron chi connectivity index (χ1n) is 9.10. The van der Waals surface area contributed by atoms with Gasteiger partial charge in [-0.3, -0.25) is 9.69 Å². The summed E-state index contributed by atoms with van der Waals surface area (Å²) in [6, 6.07) is 0.436. The van der Waals surface area contributed by atoms with Crippen molar-refractivity contribution in [3.8, 4) is 0 Å². The van der Waals surface area contributed by atoms with E-state index in [0.29, 0.717) is 29.0 Å². The maximum absolute atomic E-state index is 13.1. The molecule has 0 unspecified atom stereocenters. The number of rotatable bonds is 4. The first-order chi connectivity index (χ1) is 11.5. The second kappa shape index (κ2) is 7.23. The molecule has 0 N–H and O–H groups in total. The number of morpholine rings is 1. The van der Waals surface area contributed by atoms with Crippen molar-refractivity contribution < 1.29 is 14.1 Å². The van der Waals surface area contributed by atoms with Crippen LogP contribution in [-0.2, 0) is 4.74 Å². The normalized spacial score (nSPS) is 25.6. The van der Waals surface area contributed by atoms with Gasteiger partial charge in [-0.1, -0.05) is 32.3 Å². The summed E-state index contributed by atoms with van der Waals surface area (Å²) >= 11 is 0. The lowest BCUT2D eigenvalue weighted by Gasteiger charge is -2.34. The van der Waals surface area contributed by atoms with E-state index in [1.807, 2.05) is 25.7 Å². The van der Waals surface area contributed by atoms with Gasteiger partial charge in [0, 0.05) is 38.1 Å². The molecular weight excluding hydrogens is 306 g/mol. The molecule has 0 aromatic carbocycles. The highest BCUT2D eigenvalue weighted by Crippen LogP contribution is 2.30. The minimum Gasteiger partial charge on any atom is -0.379 e. The molecule has 2 aliphatic heterocycles. The molecule has 1 amide bonds. The van der Waals surface area contributed by atoms with Crippen LogP contribution in [0.3, 0.4) is 0 Å². The van der Waals surface area contributed by atoms with E-state index in [9.17, 15) is 4.79 Å². The van der Waals surface area contributed by atoms with Crippen molar-refractivity contribution in [3.05, 3.63) is 17.0 Å². The molecule has 2 saturated heterocycles. The summed E-state index contributed by atoms with van der Waals surface area (Å²) in [5, 5.41) is 4.03. The molecule has 0 radical (unpaired) electrons. The second-order valence-corrected chi connectivity index (χ2v) is 7.26. The molecule has 6 nitrogen and oxygen atoms in total. The summed E-state index contributed by atoms with van der Waals surface area (Å²) in [6.07, 6.45) is 1.09. The number of amides is 1. The summed E-state index contributed by atoms with van der Waals surface area (Å²) in [7, 11) is 0. The van der Waals surface area contributed by atoms with E-state index in [-0.39, 0.29) is 11.8 Å². The standard InChI is InChI=1S/C18H29N3O3/c1-5-14-10-21(11-15(14)20-6-8-23-9-7-20)18(22)16-13(4)19-24-17(16)12(2)3/h12,14-15H,5-11H2,1-4H3/t14-,15+/m1/s1. The van der Waals surface area contributed by atoms with Crippen LogP contribution < -0.4 is 0 Å². The van der Waals surface area contributed by atoms with Gasteiger partial charge >= 0.3 is 0 Å². The fourth-order valence-electron chi connectivity index (χ4n) is 3.94. The predicted molar refractivity (Wildman–Crippen MR) is 91.2 cm³/mol. The Morgan fingerprint density at radius 2 is 2.00 bits per heavy atom. The Morgan fingerprint density at radius 3 is 2.62 bits per heavy atom. The van der Waals surface area contributed by atoms with Crippen molar-refractivity contribution in [2.75, 3.05) is 39.4 Å². The first-order valence-corrected chi connectivity index (χ1v) is 9.10. The van der Waals surface area contributed by atoms with Gasteiger partial charge in [-0.25, -0.2) is 0 Å². The topological polar surface area (TPSA) is 58.8 Å². The lowest BCUT2D eigenvalue weighted by molar-refractivity contribution is 0.0103. The van der Waals surface area contributed by atoms with Crippen molar-refractivity contribution in [3.63, 3.8) is 0 Å². The molecule has 2 fully saturated rings. The molecule has 24 heavy (non-hydrogen) atoms. The largest absolute Gasteiger partial charge is 0.379 e. The highest BCUT2D eigenvalue weighted by atomic mass is 16.5. The van der Waals surface area contributed by atoms with Gasteiger partial charge in [0.2, 0.25) is 0 Å². The van der Waals surface area contributed by atoms with Crippen molar-refractivity contribution in [2.24, 2.45) is 5.92 Å². The highest BCUT2D eigenvalue weighted by Gasteiger charge is 2.39. The molecule has 1 aromatic heterocycles. The van der Waals surface area contributed by atoms with Gasteiger partial charge in [0.25, 0.3) is 5.91 Å². The molecule has 1 aromatic rings. The van der Waals surface area contributed by atoms with Gasteiger partial charge in [0.05, 0.1) is 18.9 Å². The van der Waals surface area contributed by atoms with Crippen molar-refractivity contribution >= 4 is 5.91 Å². The van der Waals surface area contributed by atoms with Crippen LogP contribution in [0.1, 0.15) is 54.9 Å². The van der Waals surface area contributed by atoms with E-state index < -0.39 is 0 Å². The third-order valence-corrected chi connectivity index (χ3v) is 5.36. The lowest BCUT2D eigenvalue weighted by Crippen LogP contribution is -2.47. The summed E-state index contributed by atoms with van der Waals surface area (Å²) in [6.45, 7) is 13.3. The average Bonchev–Trinajstić information content (AvgIpc) is 3.18. The quantitative estimate of drug-likeness (QED) is 0.845. The van der Waals surface area contributed by atoms with Crippen LogP contribution >= 0.6 is 0 Å². The van der Waals surface area contributed by atoms with E-state index in [1.165, 1.54) is 0 Å². The molecule has 3 rings (SSSR count). The van der Waals surface area contributed by atoms with Crippen LogP contribution in [0, 0.1) is 12.8 Å². The molecular formula is C18H29N3O3. The van der Waals surface area contributed by atoms with Gasteiger partial charge in [0.15, 0.2) is 5.76 Å². The van der Waals surface area contributed by atoms with Crippen molar-refractivity contribution in [1.29, 1.82) is 0 Å². The van der Waals surface area contributed by atoms with Crippen LogP contribution in [-0.4, -0.2) is 66.3 Å². The Labute approximate surface area is 144 Å². The molecule has 0 aliphatic carbocycles. The third kappa shape index (κ3) is 3.22. The third-order valence-electron chi connectivity index (χ3n) is 5.36. The SMILES string of the molecule is CC[C@@H]1CN(C(=O)c2c(C)noc2C(C)C)C[C@@H]1N1CCOCC1. The number of carbonyl (C=O) groups excluding carboxylic acids is 1. The Bertz CT molecular complexity index is 578. The highest BCUT2D eigenvalue weighted by molar-refractivity contribution is 5.96. The van der Waals surface area contributed by atoms with Gasteiger partial charge in [-0.2, -0.15) is 0 Å². The van der Waals surface area contributed by atoms with Crippen LogP contribution in [0.25, 0.3) is 0 Å². The molecule has 3 heterocycles. The fraction of sp³-hybridized carbons (Fsp3) is 0.778. The molecule has 6 heteroatoms. The average molecular weight is 335 g/mol. The predicted octanol–water partition coefficient (Wildman–Crippen LogP) is 2.29. The van der Waals surface area contributed by atoms with Gasteiger partial charge < -0.3 is 14.2 Å². The van der Waals surface area contributed by atoms with Crippen molar-refractivity contribution in [1.82, 2.24) is 15.0 Å². The summed E-state index contributed by atoms with van der Waals surface area (Å²) < 4.78 is 10.9. The molecule has 0 saturated carbocycles. The molecule has 0 bridgehead atoms. The summed E-state index contributed by atoms with van der Waals surface area (Å²) in [5.41, 5.74) is 1.37. The number of likely N-dealkylation sites (tertiary alicyclic amines) is 1. The van der Waals surface area contributed by atoms with Crippen LogP contribution in [0.2, 0.25) is 0 Å². The number of carbonyl (C=O) groups is 1. The Hall–Kier alpha value is -1.40. The Morgan fingerprint density at radius 1 is 1.29 bits per heavy atom. The number of nitrogens with zero attached hydrogens (tertiary/aromatic N) is 3. The number of hydrogen-bond donors (Lipinski definition) is 0. The zero-order valence-electron chi connectivity index (χ0n) is 15.2.